The van der Waals surface area contributed by atoms with Crippen LogP contribution in [0.3, 0.4) is 0 Å². The van der Waals surface area contributed by atoms with Gasteiger partial charge in [0.2, 0.25) is 5.91 Å². The average Bonchev–Trinajstić information content (AvgIpc) is 2.20. The molecular weight excluding hydrogens is 221 g/mol. The summed E-state index contributed by atoms with van der Waals surface area (Å²) in [7, 11) is 0. The van der Waals surface area contributed by atoms with Gasteiger partial charge >= 0.3 is 6.18 Å². The molecule has 0 saturated carbocycles. The molecule has 96 valence electrons. The van der Waals surface area contributed by atoms with Crippen LogP contribution in [0.15, 0.2) is 0 Å². The van der Waals surface area contributed by atoms with Gasteiger partial charge in [-0.15, -0.1) is 0 Å². The van der Waals surface area contributed by atoms with Gasteiger partial charge in [0.1, 0.15) is 0 Å². The van der Waals surface area contributed by atoms with Crippen LogP contribution in [0.4, 0.5) is 13.2 Å². The van der Waals surface area contributed by atoms with Crippen molar-refractivity contribution in [3.63, 3.8) is 0 Å². The fourth-order valence-corrected chi connectivity index (χ4v) is 1.13. The average molecular weight is 240 g/mol. The topological polar surface area (TPSA) is 55.1 Å². The van der Waals surface area contributed by atoms with E-state index in [1.54, 1.807) is 0 Å². The Morgan fingerprint density at radius 1 is 1.44 bits per heavy atom. The van der Waals surface area contributed by atoms with Gasteiger partial charge in [-0.25, -0.2) is 0 Å². The Labute approximate surface area is 93.6 Å². The summed E-state index contributed by atoms with van der Waals surface area (Å²) in [5.41, 5.74) is 5.61. The molecule has 6 heteroatoms. The number of hydrogen-bond acceptors (Lipinski definition) is 2. The van der Waals surface area contributed by atoms with Gasteiger partial charge in [-0.05, 0) is 12.3 Å². The quantitative estimate of drug-likeness (QED) is 0.696. The molecule has 16 heavy (non-hydrogen) atoms. The predicted octanol–water partition coefficient (Wildman–Crippen LogP) is 1.82. The Balaban J connectivity index is 3.74. The van der Waals surface area contributed by atoms with Gasteiger partial charge < -0.3 is 11.1 Å². The smallest absolute Gasteiger partial charge is 0.355 e. The zero-order valence-electron chi connectivity index (χ0n) is 9.60. The van der Waals surface area contributed by atoms with Crippen molar-refractivity contribution in [1.82, 2.24) is 5.32 Å². The minimum atomic E-state index is -4.16. The Morgan fingerprint density at radius 2 is 2.00 bits per heavy atom. The third kappa shape index (κ3) is 6.66. The van der Waals surface area contributed by atoms with Crippen molar-refractivity contribution in [2.24, 2.45) is 11.7 Å². The first-order chi connectivity index (χ1) is 7.28. The molecule has 2 atom stereocenters. The summed E-state index contributed by atoms with van der Waals surface area (Å²) >= 11 is 0. The second-order valence-electron chi connectivity index (χ2n) is 3.92. The van der Waals surface area contributed by atoms with Gasteiger partial charge in [-0.1, -0.05) is 20.3 Å². The van der Waals surface area contributed by atoms with E-state index < -0.39 is 18.6 Å². The Hall–Kier alpha value is -0.780. The maximum absolute atomic E-state index is 11.8. The number of carbonyl (C=O) groups excluding carboxylic acids is 1. The molecule has 3 N–H and O–H groups in total. The third-order valence-corrected chi connectivity index (χ3v) is 2.50. The number of halogens is 3. The molecule has 0 aromatic rings. The summed E-state index contributed by atoms with van der Waals surface area (Å²) in [6.45, 7) is 3.75. The molecule has 0 radical (unpaired) electrons. The van der Waals surface area contributed by atoms with Gasteiger partial charge in [0, 0.05) is 13.0 Å². The summed E-state index contributed by atoms with van der Waals surface area (Å²) in [6, 6.07) is -0.643. The Bertz CT molecular complexity index is 219. The molecule has 0 heterocycles. The molecule has 0 saturated heterocycles. The minimum absolute atomic E-state index is 0.0163. The standard InChI is InChI=1S/C10H19F3N2O/c1-3-7(2)8(14)9(16)15-6-4-5-10(11,12)13/h7-8H,3-6,14H2,1-2H3,(H,15,16). The van der Waals surface area contributed by atoms with E-state index in [9.17, 15) is 18.0 Å². The maximum atomic E-state index is 11.8. The molecule has 2 unspecified atom stereocenters. The van der Waals surface area contributed by atoms with E-state index in [0.29, 0.717) is 0 Å². The van der Waals surface area contributed by atoms with Crippen LogP contribution in [-0.4, -0.2) is 24.7 Å². The zero-order chi connectivity index (χ0) is 12.8. The molecule has 0 aliphatic rings. The summed E-state index contributed by atoms with van der Waals surface area (Å²) in [6.07, 6.45) is -4.39. The maximum Gasteiger partial charge on any atom is 0.389 e. The lowest BCUT2D eigenvalue weighted by molar-refractivity contribution is -0.136. The van der Waals surface area contributed by atoms with Crippen LogP contribution >= 0.6 is 0 Å². The SMILES string of the molecule is CCC(C)C(N)C(=O)NCCCC(F)(F)F. The Morgan fingerprint density at radius 3 is 2.44 bits per heavy atom. The minimum Gasteiger partial charge on any atom is -0.355 e. The summed E-state index contributed by atoms with van der Waals surface area (Å²) in [5, 5.41) is 2.41. The van der Waals surface area contributed by atoms with Crippen LogP contribution < -0.4 is 11.1 Å². The molecule has 0 spiro atoms. The lowest BCUT2D eigenvalue weighted by Gasteiger charge is -2.17. The predicted molar refractivity (Wildman–Crippen MR) is 55.7 cm³/mol. The summed E-state index contributed by atoms with van der Waals surface area (Å²) in [5.74, 6) is -0.348. The molecule has 0 aromatic heterocycles. The van der Waals surface area contributed by atoms with Crippen molar-refractivity contribution in [2.75, 3.05) is 6.54 Å². The molecular formula is C10H19F3N2O. The number of nitrogens with two attached hydrogens (primary N) is 1. The van der Waals surface area contributed by atoms with Crippen molar-refractivity contribution in [2.45, 2.75) is 45.3 Å². The number of alkyl halides is 3. The van der Waals surface area contributed by atoms with Crippen molar-refractivity contribution >= 4 is 5.91 Å². The van der Waals surface area contributed by atoms with E-state index in [1.807, 2.05) is 13.8 Å². The van der Waals surface area contributed by atoms with Gasteiger partial charge in [-0.2, -0.15) is 13.2 Å². The van der Waals surface area contributed by atoms with Crippen LogP contribution in [0.2, 0.25) is 0 Å². The van der Waals surface area contributed by atoms with E-state index in [1.165, 1.54) is 0 Å². The first-order valence-electron chi connectivity index (χ1n) is 5.38. The summed E-state index contributed by atoms with van der Waals surface area (Å²) in [4.78, 5) is 11.4. The fourth-order valence-electron chi connectivity index (χ4n) is 1.13. The lowest BCUT2D eigenvalue weighted by Crippen LogP contribution is -2.44. The van der Waals surface area contributed by atoms with Crippen LogP contribution in [-0.2, 0) is 4.79 Å². The normalized spacial score (nSPS) is 15.6. The van der Waals surface area contributed by atoms with Crippen molar-refractivity contribution in [3.05, 3.63) is 0 Å². The highest BCUT2D eigenvalue weighted by molar-refractivity contribution is 5.81. The largest absolute Gasteiger partial charge is 0.389 e. The molecule has 0 rings (SSSR count). The van der Waals surface area contributed by atoms with Crippen molar-refractivity contribution in [3.8, 4) is 0 Å². The van der Waals surface area contributed by atoms with E-state index in [-0.39, 0.29) is 24.8 Å². The molecule has 0 fully saturated rings. The summed E-state index contributed by atoms with van der Waals surface area (Å²) < 4.78 is 35.4. The number of hydrogen-bond donors (Lipinski definition) is 2. The molecule has 0 bridgehead atoms. The highest BCUT2D eigenvalue weighted by Crippen LogP contribution is 2.20. The number of rotatable bonds is 6. The van der Waals surface area contributed by atoms with Gasteiger partial charge in [0.25, 0.3) is 0 Å². The van der Waals surface area contributed by atoms with Crippen LogP contribution in [0.1, 0.15) is 33.1 Å². The molecule has 3 nitrogen and oxygen atoms in total. The molecule has 0 aliphatic carbocycles. The monoisotopic (exact) mass is 240 g/mol. The van der Waals surface area contributed by atoms with Crippen molar-refractivity contribution in [1.29, 1.82) is 0 Å². The third-order valence-electron chi connectivity index (χ3n) is 2.50. The molecule has 1 amide bonds. The number of nitrogens with one attached hydrogen (secondary N) is 1. The van der Waals surface area contributed by atoms with E-state index >= 15 is 0 Å². The van der Waals surface area contributed by atoms with Crippen LogP contribution in [0, 0.1) is 5.92 Å². The fraction of sp³-hybridized carbons (Fsp3) is 0.900. The molecule has 0 aromatic carbocycles. The molecule has 0 aliphatic heterocycles. The second-order valence-corrected chi connectivity index (χ2v) is 3.92. The zero-order valence-corrected chi connectivity index (χ0v) is 9.60. The lowest BCUT2D eigenvalue weighted by atomic mass is 9.99. The number of carbonyl (C=O) groups is 1. The van der Waals surface area contributed by atoms with Crippen LogP contribution in [0.5, 0.6) is 0 Å². The first kappa shape index (κ1) is 15.2. The highest BCUT2D eigenvalue weighted by atomic mass is 19.4. The van der Waals surface area contributed by atoms with E-state index in [4.69, 9.17) is 5.73 Å². The van der Waals surface area contributed by atoms with Gasteiger partial charge in [0.05, 0.1) is 6.04 Å². The van der Waals surface area contributed by atoms with Crippen molar-refractivity contribution < 1.29 is 18.0 Å². The second kappa shape index (κ2) is 6.73. The first-order valence-corrected chi connectivity index (χ1v) is 5.38. The van der Waals surface area contributed by atoms with Gasteiger partial charge in [0.15, 0.2) is 0 Å². The Kier molecular flexibility index (Phi) is 6.40. The van der Waals surface area contributed by atoms with E-state index in [2.05, 4.69) is 5.32 Å². The van der Waals surface area contributed by atoms with Crippen LogP contribution in [0.25, 0.3) is 0 Å². The number of amides is 1. The highest BCUT2D eigenvalue weighted by Gasteiger charge is 2.26. The van der Waals surface area contributed by atoms with E-state index in [0.717, 1.165) is 6.42 Å². The van der Waals surface area contributed by atoms with Gasteiger partial charge in [-0.3, -0.25) is 4.79 Å².